The number of carboxylic acids is 1. The van der Waals surface area contributed by atoms with E-state index in [2.05, 4.69) is 51.1 Å². The highest BCUT2D eigenvalue weighted by molar-refractivity contribution is 5.72. The number of rotatable bonds is 26. The fourth-order valence-electron chi connectivity index (χ4n) is 6.25. The Balaban J connectivity index is 2.37. The predicted octanol–water partition coefficient (Wildman–Crippen LogP) is 11.7. The van der Waals surface area contributed by atoms with Crippen LogP contribution < -0.4 is 0 Å². The minimum absolute atomic E-state index is 0.228. The Kier molecular flexibility index (Phi) is 20.6. The maximum atomic E-state index is 12.6. The van der Waals surface area contributed by atoms with Crippen LogP contribution in [0.1, 0.15) is 174 Å². The van der Waals surface area contributed by atoms with Gasteiger partial charge in [-0.1, -0.05) is 180 Å². The standard InChI is InChI=1S/C35H62O2/c1-4-7-10-11-12-13-14-15-16-17-18-19-20-21-22-26-29-33(34(36)37)35(30-8-5-2,31-9-6-3)32-27-24-23-25-28-32/h23-25,27-28,33H,4-22,26,29-31H2,1-3H3,(H,36,37). The van der Waals surface area contributed by atoms with E-state index in [4.69, 9.17) is 0 Å². The SMILES string of the molecule is CCCCCCCCCCCCCCCCCCC(C(=O)O)C(CCCC)(CCCC)c1ccccc1. The topological polar surface area (TPSA) is 37.3 Å². The smallest absolute Gasteiger partial charge is 0.307 e. The molecule has 1 aromatic carbocycles. The molecule has 214 valence electrons. The molecule has 1 unspecified atom stereocenters. The van der Waals surface area contributed by atoms with Crippen molar-refractivity contribution in [1.29, 1.82) is 0 Å². The molecule has 1 rings (SSSR count). The van der Waals surface area contributed by atoms with Gasteiger partial charge in [0.15, 0.2) is 0 Å². The second-order valence-corrected chi connectivity index (χ2v) is 11.7. The third-order valence-corrected chi connectivity index (χ3v) is 8.61. The molecule has 0 spiro atoms. The Labute approximate surface area is 231 Å². The summed E-state index contributed by atoms with van der Waals surface area (Å²) in [5.74, 6) is -0.864. The molecule has 2 nitrogen and oxygen atoms in total. The molecule has 0 aromatic heterocycles. The second kappa shape index (κ2) is 22.7. The van der Waals surface area contributed by atoms with E-state index >= 15 is 0 Å². The van der Waals surface area contributed by atoms with E-state index in [1.54, 1.807) is 0 Å². The van der Waals surface area contributed by atoms with E-state index in [-0.39, 0.29) is 11.3 Å². The van der Waals surface area contributed by atoms with Crippen LogP contribution in [0.25, 0.3) is 0 Å². The number of carbonyl (C=O) groups is 1. The average molecular weight is 515 g/mol. The second-order valence-electron chi connectivity index (χ2n) is 11.7. The van der Waals surface area contributed by atoms with Crippen molar-refractivity contribution in [1.82, 2.24) is 0 Å². The van der Waals surface area contributed by atoms with Crippen molar-refractivity contribution >= 4 is 5.97 Å². The van der Waals surface area contributed by atoms with Crippen LogP contribution in [0, 0.1) is 5.92 Å². The van der Waals surface area contributed by atoms with Crippen molar-refractivity contribution in [3.63, 3.8) is 0 Å². The minimum atomic E-state index is -0.586. The van der Waals surface area contributed by atoms with Gasteiger partial charge in [0, 0.05) is 5.41 Å². The van der Waals surface area contributed by atoms with Crippen LogP contribution in [0.3, 0.4) is 0 Å². The predicted molar refractivity (Wildman–Crippen MR) is 162 cm³/mol. The van der Waals surface area contributed by atoms with Crippen LogP contribution in [0.5, 0.6) is 0 Å². The Morgan fingerprint density at radius 2 is 0.973 bits per heavy atom. The molecule has 1 aromatic rings. The molecule has 37 heavy (non-hydrogen) atoms. The molecular weight excluding hydrogens is 452 g/mol. The number of hydrogen-bond donors (Lipinski definition) is 1. The quantitative estimate of drug-likeness (QED) is 0.125. The van der Waals surface area contributed by atoms with Gasteiger partial charge in [0.25, 0.3) is 0 Å². The van der Waals surface area contributed by atoms with Gasteiger partial charge in [-0.15, -0.1) is 0 Å². The van der Waals surface area contributed by atoms with Gasteiger partial charge < -0.3 is 5.11 Å². The first-order valence-corrected chi connectivity index (χ1v) is 16.4. The van der Waals surface area contributed by atoms with E-state index in [0.717, 1.165) is 51.4 Å². The molecule has 1 atom stereocenters. The van der Waals surface area contributed by atoms with Crippen molar-refractivity contribution in [3.8, 4) is 0 Å². The number of aliphatic carboxylic acids is 1. The summed E-state index contributed by atoms with van der Waals surface area (Å²) in [5.41, 5.74) is 1.02. The first-order chi connectivity index (χ1) is 18.1. The summed E-state index contributed by atoms with van der Waals surface area (Å²) in [6.45, 7) is 6.73. The molecule has 0 saturated heterocycles. The van der Waals surface area contributed by atoms with Gasteiger partial charge >= 0.3 is 5.97 Å². The summed E-state index contributed by atoms with van der Waals surface area (Å²) in [5, 5.41) is 10.4. The third kappa shape index (κ3) is 14.4. The summed E-state index contributed by atoms with van der Waals surface area (Å²) in [4.78, 5) is 12.6. The van der Waals surface area contributed by atoms with E-state index < -0.39 is 5.97 Å². The van der Waals surface area contributed by atoms with Crippen molar-refractivity contribution in [2.45, 2.75) is 174 Å². The van der Waals surface area contributed by atoms with Crippen molar-refractivity contribution < 1.29 is 9.90 Å². The normalized spacial score (nSPS) is 12.6. The van der Waals surface area contributed by atoms with E-state index in [9.17, 15) is 9.90 Å². The highest BCUT2D eigenvalue weighted by Gasteiger charge is 2.42. The van der Waals surface area contributed by atoms with Crippen molar-refractivity contribution in [2.24, 2.45) is 5.92 Å². The zero-order valence-corrected chi connectivity index (χ0v) is 25.1. The molecule has 0 heterocycles. The number of hydrogen-bond acceptors (Lipinski definition) is 1. The van der Waals surface area contributed by atoms with Crippen LogP contribution >= 0.6 is 0 Å². The Hall–Kier alpha value is -1.31. The summed E-state index contributed by atoms with van der Waals surface area (Å²) in [6.07, 6.45) is 28.9. The van der Waals surface area contributed by atoms with Gasteiger partial charge in [0.05, 0.1) is 5.92 Å². The highest BCUT2D eigenvalue weighted by atomic mass is 16.4. The average Bonchev–Trinajstić information content (AvgIpc) is 2.91. The van der Waals surface area contributed by atoms with Crippen LogP contribution in [0.15, 0.2) is 30.3 Å². The van der Waals surface area contributed by atoms with Crippen molar-refractivity contribution in [3.05, 3.63) is 35.9 Å². The lowest BCUT2D eigenvalue weighted by atomic mass is 9.63. The fraction of sp³-hybridized carbons (Fsp3) is 0.800. The lowest BCUT2D eigenvalue weighted by Gasteiger charge is -2.40. The third-order valence-electron chi connectivity index (χ3n) is 8.61. The minimum Gasteiger partial charge on any atom is -0.481 e. The van der Waals surface area contributed by atoms with Crippen LogP contribution in [0.4, 0.5) is 0 Å². The lowest BCUT2D eigenvalue weighted by Crippen LogP contribution is -2.40. The lowest BCUT2D eigenvalue weighted by molar-refractivity contribution is -0.145. The summed E-state index contributed by atoms with van der Waals surface area (Å²) in [6, 6.07) is 10.6. The molecule has 0 saturated carbocycles. The van der Waals surface area contributed by atoms with Crippen LogP contribution in [-0.4, -0.2) is 11.1 Å². The van der Waals surface area contributed by atoms with E-state index in [1.807, 2.05) is 0 Å². The molecule has 0 aliphatic rings. The maximum Gasteiger partial charge on any atom is 0.307 e. The van der Waals surface area contributed by atoms with Gasteiger partial charge in [0.2, 0.25) is 0 Å². The first-order valence-electron chi connectivity index (χ1n) is 16.4. The Bertz CT molecular complexity index is 630. The molecule has 0 radical (unpaired) electrons. The Morgan fingerprint density at radius 1 is 0.595 bits per heavy atom. The van der Waals surface area contributed by atoms with Gasteiger partial charge in [-0.25, -0.2) is 0 Å². The monoisotopic (exact) mass is 514 g/mol. The molecule has 1 N–H and O–H groups in total. The summed E-state index contributed by atoms with van der Waals surface area (Å²) < 4.78 is 0. The van der Waals surface area contributed by atoms with Crippen LogP contribution in [0.2, 0.25) is 0 Å². The largest absolute Gasteiger partial charge is 0.481 e. The maximum absolute atomic E-state index is 12.6. The van der Waals surface area contributed by atoms with Gasteiger partial charge in [-0.05, 0) is 24.8 Å². The number of unbranched alkanes of at least 4 members (excludes halogenated alkanes) is 17. The van der Waals surface area contributed by atoms with E-state index in [1.165, 1.54) is 102 Å². The molecular formula is C35H62O2. The first kappa shape index (κ1) is 33.7. The molecule has 2 heteroatoms. The molecule has 0 fully saturated rings. The van der Waals surface area contributed by atoms with E-state index in [0.29, 0.717) is 0 Å². The van der Waals surface area contributed by atoms with Gasteiger partial charge in [-0.2, -0.15) is 0 Å². The summed E-state index contributed by atoms with van der Waals surface area (Å²) in [7, 11) is 0. The molecule has 0 amide bonds. The van der Waals surface area contributed by atoms with Gasteiger partial charge in [-0.3, -0.25) is 4.79 Å². The zero-order valence-electron chi connectivity index (χ0n) is 25.1. The fourth-order valence-corrected chi connectivity index (χ4v) is 6.25. The zero-order chi connectivity index (χ0) is 27.0. The van der Waals surface area contributed by atoms with Gasteiger partial charge in [0.1, 0.15) is 0 Å². The number of benzene rings is 1. The molecule has 0 aliphatic heterocycles. The van der Waals surface area contributed by atoms with Crippen molar-refractivity contribution in [2.75, 3.05) is 0 Å². The molecule has 0 bridgehead atoms. The highest BCUT2D eigenvalue weighted by Crippen LogP contribution is 2.44. The number of carboxylic acid groups (broad SMARTS) is 1. The Morgan fingerprint density at radius 3 is 1.35 bits per heavy atom. The van der Waals surface area contributed by atoms with Crippen LogP contribution in [-0.2, 0) is 10.2 Å². The summed E-state index contributed by atoms with van der Waals surface area (Å²) >= 11 is 0. The molecule has 0 aliphatic carbocycles.